The van der Waals surface area contributed by atoms with Gasteiger partial charge in [-0.2, -0.15) is 5.10 Å². The van der Waals surface area contributed by atoms with Crippen LogP contribution in [0, 0.1) is 0 Å². The second-order valence-electron chi connectivity index (χ2n) is 5.64. The van der Waals surface area contributed by atoms with E-state index in [2.05, 4.69) is 20.7 Å². The molecule has 0 radical (unpaired) electrons. The normalized spacial score (nSPS) is 15.3. The van der Waals surface area contributed by atoms with Crippen LogP contribution >= 0.6 is 24.0 Å². The number of para-hydroxylation sites is 1. The van der Waals surface area contributed by atoms with Crippen molar-refractivity contribution < 1.29 is 0 Å². The van der Waals surface area contributed by atoms with Gasteiger partial charge in [-0.15, -0.1) is 24.0 Å². The molecule has 2 N–H and O–H groups in total. The first-order valence-electron chi connectivity index (χ1n) is 7.92. The van der Waals surface area contributed by atoms with E-state index in [9.17, 15) is 0 Å². The number of aromatic nitrogens is 2. The maximum absolute atomic E-state index is 4.59. The summed E-state index contributed by atoms with van der Waals surface area (Å²) in [6, 6.07) is 12.7. The second-order valence-corrected chi connectivity index (χ2v) is 5.64. The molecular formula is C17H24IN5. The number of hydrogen-bond donors (Lipinski definition) is 2. The number of nitrogens with zero attached hydrogens (tertiary/aromatic N) is 3. The number of hydrogen-bond acceptors (Lipinski definition) is 2. The topological polar surface area (TPSA) is 54.2 Å². The van der Waals surface area contributed by atoms with Gasteiger partial charge in [0.2, 0.25) is 0 Å². The molecule has 1 heterocycles. The third-order valence-electron chi connectivity index (χ3n) is 4.02. The first-order valence-corrected chi connectivity index (χ1v) is 7.92. The summed E-state index contributed by atoms with van der Waals surface area (Å²) in [6.45, 7) is 0.673. The molecule has 3 rings (SSSR count). The predicted octanol–water partition coefficient (Wildman–Crippen LogP) is 3.10. The van der Waals surface area contributed by atoms with Gasteiger partial charge in [-0.1, -0.05) is 31.0 Å². The molecule has 1 saturated carbocycles. The molecule has 1 aliphatic rings. The van der Waals surface area contributed by atoms with Crippen molar-refractivity contribution in [1.82, 2.24) is 20.4 Å². The Hall–Kier alpha value is -1.57. The number of guanidine groups is 1. The lowest BCUT2D eigenvalue weighted by atomic mass is 10.2. The van der Waals surface area contributed by atoms with E-state index < -0.39 is 0 Å². The maximum atomic E-state index is 4.59. The molecular weight excluding hydrogens is 401 g/mol. The molecule has 0 aliphatic heterocycles. The van der Waals surface area contributed by atoms with Crippen LogP contribution in [-0.2, 0) is 6.54 Å². The largest absolute Gasteiger partial charge is 0.354 e. The molecule has 0 amide bonds. The highest BCUT2D eigenvalue weighted by molar-refractivity contribution is 14.0. The van der Waals surface area contributed by atoms with Gasteiger partial charge in [-0.25, -0.2) is 4.68 Å². The summed E-state index contributed by atoms with van der Waals surface area (Å²) in [5, 5.41) is 11.4. The summed E-state index contributed by atoms with van der Waals surface area (Å²) >= 11 is 0. The standard InChI is InChI=1S/C17H23N5.HI/c1-18-17(20-14-7-5-6-8-14)19-13-15-11-12-22(21-15)16-9-3-2-4-10-16;/h2-4,9-12,14H,5-8,13H2,1H3,(H2,18,19,20);1H. The van der Waals surface area contributed by atoms with Gasteiger partial charge in [0.05, 0.1) is 17.9 Å². The van der Waals surface area contributed by atoms with E-state index in [1.54, 1.807) is 0 Å². The highest BCUT2D eigenvalue weighted by Crippen LogP contribution is 2.17. The van der Waals surface area contributed by atoms with Crippen molar-refractivity contribution in [2.75, 3.05) is 7.05 Å². The number of nitrogens with one attached hydrogen (secondary N) is 2. The van der Waals surface area contributed by atoms with E-state index >= 15 is 0 Å². The van der Waals surface area contributed by atoms with Crippen molar-refractivity contribution in [2.45, 2.75) is 38.3 Å². The van der Waals surface area contributed by atoms with Gasteiger partial charge >= 0.3 is 0 Å². The molecule has 23 heavy (non-hydrogen) atoms. The fourth-order valence-electron chi connectivity index (χ4n) is 2.81. The predicted molar refractivity (Wildman–Crippen MR) is 105 cm³/mol. The Morgan fingerprint density at radius 3 is 2.65 bits per heavy atom. The SMILES string of the molecule is CN=C(NCc1ccn(-c2ccccc2)n1)NC1CCCC1.I. The minimum atomic E-state index is 0. The Bertz CT molecular complexity index is 617. The van der Waals surface area contributed by atoms with E-state index in [1.165, 1.54) is 25.7 Å². The molecule has 0 unspecified atom stereocenters. The Kier molecular flexibility index (Phi) is 6.88. The van der Waals surface area contributed by atoms with E-state index in [4.69, 9.17) is 0 Å². The van der Waals surface area contributed by atoms with Gasteiger partial charge in [0.1, 0.15) is 0 Å². The lowest BCUT2D eigenvalue weighted by molar-refractivity contribution is 0.612. The molecule has 1 aliphatic carbocycles. The summed E-state index contributed by atoms with van der Waals surface area (Å²) in [7, 11) is 1.81. The minimum Gasteiger partial charge on any atom is -0.354 e. The number of rotatable bonds is 4. The van der Waals surface area contributed by atoms with Crippen molar-refractivity contribution >= 4 is 29.9 Å². The third kappa shape index (κ3) is 4.95. The Morgan fingerprint density at radius 2 is 1.96 bits per heavy atom. The van der Waals surface area contributed by atoms with Gasteiger partial charge in [0.25, 0.3) is 0 Å². The van der Waals surface area contributed by atoms with E-state index in [0.29, 0.717) is 12.6 Å². The number of benzene rings is 1. The summed E-state index contributed by atoms with van der Waals surface area (Å²) in [5.74, 6) is 0.862. The lowest BCUT2D eigenvalue weighted by Gasteiger charge is -2.16. The number of halogens is 1. The van der Waals surface area contributed by atoms with Crippen LogP contribution in [0.1, 0.15) is 31.4 Å². The van der Waals surface area contributed by atoms with Crippen LogP contribution in [0.25, 0.3) is 5.69 Å². The third-order valence-corrected chi connectivity index (χ3v) is 4.02. The Labute approximate surface area is 154 Å². The van der Waals surface area contributed by atoms with Gasteiger partial charge in [0, 0.05) is 19.3 Å². The molecule has 124 valence electrons. The molecule has 0 spiro atoms. The molecule has 1 aromatic heterocycles. The van der Waals surface area contributed by atoms with Crippen molar-refractivity contribution in [1.29, 1.82) is 0 Å². The van der Waals surface area contributed by atoms with E-state index in [-0.39, 0.29) is 24.0 Å². The first-order chi connectivity index (χ1) is 10.8. The monoisotopic (exact) mass is 425 g/mol. The molecule has 5 nitrogen and oxygen atoms in total. The second kappa shape index (κ2) is 8.90. The maximum Gasteiger partial charge on any atom is 0.191 e. The zero-order chi connectivity index (χ0) is 15.2. The molecule has 0 bridgehead atoms. The summed E-state index contributed by atoms with van der Waals surface area (Å²) < 4.78 is 1.89. The van der Waals surface area contributed by atoms with Crippen molar-refractivity contribution in [3.8, 4) is 5.69 Å². The number of aliphatic imine (C=N–C) groups is 1. The van der Waals surface area contributed by atoms with Crippen molar-refractivity contribution in [3.05, 3.63) is 48.3 Å². The fourth-order valence-corrected chi connectivity index (χ4v) is 2.81. The van der Waals surface area contributed by atoms with Crippen LogP contribution in [0.15, 0.2) is 47.6 Å². The first kappa shape index (κ1) is 17.8. The van der Waals surface area contributed by atoms with Crippen molar-refractivity contribution in [2.24, 2.45) is 4.99 Å². The molecule has 2 aromatic rings. The van der Waals surface area contributed by atoms with Crippen LogP contribution in [-0.4, -0.2) is 28.8 Å². The summed E-state index contributed by atoms with van der Waals surface area (Å²) in [6.07, 6.45) is 7.10. The average Bonchev–Trinajstić information content (AvgIpc) is 3.24. The Morgan fingerprint density at radius 1 is 1.22 bits per heavy atom. The van der Waals surface area contributed by atoms with Crippen LogP contribution in [0.4, 0.5) is 0 Å². The average molecular weight is 425 g/mol. The van der Waals surface area contributed by atoms with Gasteiger partial charge < -0.3 is 10.6 Å². The van der Waals surface area contributed by atoms with E-state index in [0.717, 1.165) is 17.3 Å². The van der Waals surface area contributed by atoms with Crippen LogP contribution in [0.2, 0.25) is 0 Å². The van der Waals surface area contributed by atoms with Crippen molar-refractivity contribution in [3.63, 3.8) is 0 Å². The molecule has 6 heteroatoms. The van der Waals surface area contributed by atoms with Gasteiger partial charge in [-0.3, -0.25) is 4.99 Å². The van der Waals surface area contributed by atoms with Gasteiger partial charge in [-0.05, 0) is 31.0 Å². The van der Waals surface area contributed by atoms with Crippen LogP contribution in [0.3, 0.4) is 0 Å². The smallest absolute Gasteiger partial charge is 0.191 e. The van der Waals surface area contributed by atoms with Crippen LogP contribution in [0.5, 0.6) is 0 Å². The van der Waals surface area contributed by atoms with Crippen LogP contribution < -0.4 is 10.6 Å². The summed E-state index contributed by atoms with van der Waals surface area (Å²) in [4.78, 5) is 4.29. The zero-order valence-electron chi connectivity index (χ0n) is 13.4. The minimum absolute atomic E-state index is 0. The lowest BCUT2D eigenvalue weighted by Crippen LogP contribution is -2.42. The fraction of sp³-hybridized carbons (Fsp3) is 0.412. The van der Waals surface area contributed by atoms with E-state index in [1.807, 2.05) is 54.3 Å². The zero-order valence-corrected chi connectivity index (χ0v) is 15.7. The molecule has 1 fully saturated rings. The highest BCUT2D eigenvalue weighted by Gasteiger charge is 2.15. The van der Waals surface area contributed by atoms with Gasteiger partial charge in [0.15, 0.2) is 5.96 Å². The quantitative estimate of drug-likeness (QED) is 0.450. The molecule has 0 saturated heterocycles. The molecule has 0 atom stereocenters. The summed E-state index contributed by atoms with van der Waals surface area (Å²) in [5.41, 5.74) is 2.07. The molecule has 1 aromatic carbocycles. The highest BCUT2D eigenvalue weighted by atomic mass is 127. The Balaban J connectivity index is 0.00000192.